The molecular weight excluding hydrogens is 250 g/mol. The molecule has 0 radical (unpaired) electrons. The van der Waals surface area contributed by atoms with Crippen molar-refractivity contribution in [3.8, 4) is 0 Å². The normalized spacial score (nSPS) is 20.7. The number of sulfonamides is 1. The second kappa shape index (κ2) is 4.05. The fourth-order valence-corrected chi connectivity index (χ4v) is 4.00. The molecule has 0 atom stereocenters. The summed E-state index contributed by atoms with van der Waals surface area (Å²) in [4.78, 5) is 0.322. The maximum absolute atomic E-state index is 12.2. The van der Waals surface area contributed by atoms with Crippen LogP contribution >= 0.6 is 0 Å². The molecule has 0 aromatic heterocycles. The van der Waals surface area contributed by atoms with Crippen LogP contribution in [0.3, 0.4) is 0 Å². The van der Waals surface area contributed by atoms with E-state index in [1.807, 2.05) is 6.07 Å². The van der Waals surface area contributed by atoms with Crippen LogP contribution < -0.4 is 4.72 Å². The third-order valence-electron chi connectivity index (χ3n) is 3.89. The first-order valence-corrected chi connectivity index (χ1v) is 7.80. The highest BCUT2D eigenvalue weighted by atomic mass is 32.2. The van der Waals surface area contributed by atoms with Crippen molar-refractivity contribution in [3.05, 3.63) is 29.3 Å². The summed E-state index contributed by atoms with van der Waals surface area (Å²) in [5.74, 6) is 0. The Balaban J connectivity index is 1.89. The minimum atomic E-state index is -3.50. The molecule has 0 spiro atoms. The van der Waals surface area contributed by atoms with E-state index in [9.17, 15) is 13.5 Å². The predicted octanol–water partition coefficient (Wildman–Crippen LogP) is 0.978. The molecule has 3 rings (SSSR count). The minimum Gasteiger partial charge on any atom is -0.394 e. The molecule has 0 aliphatic heterocycles. The van der Waals surface area contributed by atoms with Crippen LogP contribution in [0, 0.1) is 0 Å². The molecule has 5 heteroatoms. The maximum Gasteiger partial charge on any atom is 0.241 e. The highest BCUT2D eigenvalue weighted by Gasteiger charge is 2.45. The fraction of sp³-hybridized carbons (Fsp3) is 0.538. The van der Waals surface area contributed by atoms with Crippen LogP contribution in [0.5, 0.6) is 0 Å². The Bertz CT molecular complexity index is 576. The highest BCUT2D eigenvalue weighted by Crippen LogP contribution is 2.36. The molecule has 98 valence electrons. The monoisotopic (exact) mass is 267 g/mol. The molecule has 0 bridgehead atoms. The lowest BCUT2D eigenvalue weighted by Crippen LogP contribution is -2.39. The van der Waals surface area contributed by atoms with E-state index >= 15 is 0 Å². The molecule has 18 heavy (non-hydrogen) atoms. The Morgan fingerprint density at radius 1 is 1.22 bits per heavy atom. The predicted molar refractivity (Wildman–Crippen MR) is 67.8 cm³/mol. The zero-order valence-corrected chi connectivity index (χ0v) is 11.0. The van der Waals surface area contributed by atoms with E-state index in [-0.39, 0.29) is 6.61 Å². The first-order valence-electron chi connectivity index (χ1n) is 6.31. The van der Waals surface area contributed by atoms with Crippen molar-refractivity contribution in [3.63, 3.8) is 0 Å². The second-order valence-corrected chi connectivity index (χ2v) is 7.01. The number of nitrogens with one attached hydrogen (secondary N) is 1. The molecule has 0 heterocycles. The number of fused-ring (bicyclic) bond motifs is 1. The molecule has 1 aromatic carbocycles. The molecule has 1 fully saturated rings. The topological polar surface area (TPSA) is 66.4 Å². The lowest BCUT2D eigenvalue weighted by Gasteiger charge is -2.15. The smallest absolute Gasteiger partial charge is 0.241 e. The summed E-state index contributed by atoms with van der Waals surface area (Å²) in [5, 5.41) is 9.19. The minimum absolute atomic E-state index is 0.128. The van der Waals surface area contributed by atoms with Gasteiger partial charge in [-0.1, -0.05) is 6.07 Å². The quantitative estimate of drug-likeness (QED) is 0.854. The molecule has 2 aliphatic rings. The van der Waals surface area contributed by atoms with Crippen molar-refractivity contribution >= 4 is 10.0 Å². The lowest BCUT2D eigenvalue weighted by atomic mass is 10.1. The Hall–Kier alpha value is -0.910. The number of aliphatic hydroxyl groups is 1. The van der Waals surface area contributed by atoms with Gasteiger partial charge in [0.25, 0.3) is 0 Å². The van der Waals surface area contributed by atoms with Crippen LogP contribution in [0.25, 0.3) is 0 Å². The SMILES string of the molecule is O=S(=O)(NC1(CO)CC1)c1ccc2c(c1)CCC2. The first-order chi connectivity index (χ1) is 8.55. The summed E-state index contributed by atoms with van der Waals surface area (Å²) < 4.78 is 27.1. The summed E-state index contributed by atoms with van der Waals surface area (Å²) in [7, 11) is -3.50. The molecule has 1 saturated carbocycles. The van der Waals surface area contributed by atoms with E-state index in [0.717, 1.165) is 24.8 Å². The number of benzene rings is 1. The molecule has 4 nitrogen and oxygen atoms in total. The summed E-state index contributed by atoms with van der Waals surface area (Å²) in [5.41, 5.74) is 1.81. The van der Waals surface area contributed by atoms with E-state index in [1.165, 1.54) is 5.56 Å². The third-order valence-corrected chi connectivity index (χ3v) is 5.46. The second-order valence-electron chi connectivity index (χ2n) is 5.33. The number of aryl methyl sites for hydroxylation is 2. The van der Waals surface area contributed by atoms with Gasteiger partial charge < -0.3 is 5.11 Å². The van der Waals surface area contributed by atoms with Gasteiger partial charge in [-0.25, -0.2) is 13.1 Å². The summed E-state index contributed by atoms with van der Waals surface area (Å²) in [6, 6.07) is 5.35. The van der Waals surface area contributed by atoms with Crippen molar-refractivity contribution in [1.29, 1.82) is 0 Å². The van der Waals surface area contributed by atoms with Gasteiger partial charge in [0, 0.05) is 0 Å². The van der Waals surface area contributed by atoms with Crippen molar-refractivity contribution in [2.75, 3.05) is 6.61 Å². The molecule has 2 aliphatic carbocycles. The maximum atomic E-state index is 12.2. The van der Waals surface area contributed by atoms with E-state index in [0.29, 0.717) is 17.7 Å². The van der Waals surface area contributed by atoms with Gasteiger partial charge in [0.2, 0.25) is 10.0 Å². The first kappa shape index (κ1) is 12.1. The fourth-order valence-electron chi connectivity index (χ4n) is 2.50. The Morgan fingerprint density at radius 2 is 1.94 bits per heavy atom. The zero-order chi connectivity index (χ0) is 12.8. The lowest BCUT2D eigenvalue weighted by molar-refractivity contribution is 0.246. The Labute approximate surface area is 107 Å². The molecule has 0 amide bonds. The summed E-state index contributed by atoms with van der Waals surface area (Å²) >= 11 is 0. The number of rotatable bonds is 4. The molecule has 1 aromatic rings. The van der Waals surface area contributed by atoms with Crippen LogP contribution in [0.15, 0.2) is 23.1 Å². The van der Waals surface area contributed by atoms with Gasteiger partial charge in [0.15, 0.2) is 0 Å². The largest absolute Gasteiger partial charge is 0.394 e. The van der Waals surface area contributed by atoms with Crippen LogP contribution in [0.2, 0.25) is 0 Å². The van der Waals surface area contributed by atoms with E-state index < -0.39 is 15.6 Å². The van der Waals surface area contributed by atoms with Gasteiger partial charge in [-0.15, -0.1) is 0 Å². The Morgan fingerprint density at radius 3 is 2.61 bits per heavy atom. The summed E-state index contributed by atoms with van der Waals surface area (Å²) in [6.45, 7) is -0.128. The van der Waals surface area contributed by atoms with E-state index in [1.54, 1.807) is 12.1 Å². The number of hydrogen-bond donors (Lipinski definition) is 2. The van der Waals surface area contributed by atoms with Gasteiger partial charge in [-0.2, -0.15) is 0 Å². The van der Waals surface area contributed by atoms with Gasteiger partial charge in [0.1, 0.15) is 0 Å². The van der Waals surface area contributed by atoms with Gasteiger partial charge in [0.05, 0.1) is 17.0 Å². The van der Waals surface area contributed by atoms with Gasteiger partial charge >= 0.3 is 0 Å². The van der Waals surface area contributed by atoms with Crippen molar-refractivity contribution < 1.29 is 13.5 Å². The van der Waals surface area contributed by atoms with Gasteiger partial charge in [-0.05, 0) is 55.4 Å². The van der Waals surface area contributed by atoms with Crippen LogP contribution in [-0.4, -0.2) is 25.7 Å². The van der Waals surface area contributed by atoms with Crippen molar-refractivity contribution in [2.24, 2.45) is 0 Å². The van der Waals surface area contributed by atoms with E-state index in [2.05, 4.69) is 4.72 Å². The average molecular weight is 267 g/mol. The third kappa shape index (κ3) is 2.06. The van der Waals surface area contributed by atoms with E-state index in [4.69, 9.17) is 0 Å². The number of aliphatic hydroxyl groups excluding tert-OH is 1. The Kier molecular flexibility index (Phi) is 2.73. The number of hydrogen-bond acceptors (Lipinski definition) is 3. The van der Waals surface area contributed by atoms with Crippen molar-refractivity contribution in [1.82, 2.24) is 4.72 Å². The highest BCUT2D eigenvalue weighted by molar-refractivity contribution is 7.89. The van der Waals surface area contributed by atoms with Crippen LogP contribution in [0.1, 0.15) is 30.4 Å². The zero-order valence-electron chi connectivity index (χ0n) is 10.1. The van der Waals surface area contributed by atoms with Gasteiger partial charge in [-0.3, -0.25) is 0 Å². The standard InChI is InChI=1S/C13H17NO3S/c15-9-13(6-7-13)14-18(16,17)12-5-4-10-2-1-3-11(10)8-12/h4-5,8,14-15H,1-3,6-7,9H2. The van der Waals surface area contributed by atoms with Crippen molar-refractivity contribution in [2.45, 2.75) is 42.5 Å². The molecule has 0 unspecified atom stereocenters. The molecular formula is C13H17NO3S. The molecule has 2 N–H and O–H groups in total. The molecule has 0 saturated heterocycles. The summed E-state index contributed by atoms with van der Waals surface area (Å²) in [6.07, 6.45) is 4.54. The van der Waals surface area contributed by atoms with Crippen LogP contribution in [0.4, 0.5) is 0 Å². The van der Waals surface area contributed by atoms with Crippen LogP contribution in [-0.2, 0) is 22.9 Å². The average Bonchev–Trinajstić information content (AvgIpc) is 2.95.